The Bertz CT molecular complexity index is 388. The van der Waals surface area contributed by atoms with Gasteiger partial charge in [-0.1, -0.05) is 11.6 Å². The molecular weight excluding hydrogens is 239 g/mol. The van der Waals surface area contributed by atoms with Gasteiger partial charge in [-0.3, -0.25) is 0 Å². The molecule has 1 aromatic heterocycles. The Morgan fingerprint density at radius 1 is 1.40 bits per heavy atom. The molecule has 15 heavy (non-hydrogen) atoms. The fourth-order valence-electron chi connectivity index (χ4n) is 0.811. The highest BCUT2D eigenvalue weighted by Gasteiger charge is 2.21. The molecule has 0 saturated carbocycles. The number of nitrogens with zero attached hydrogens (tertiary/aromatic N) is 2. The van der Waals surface area contributed by atoms with Gasteiger partial charge in [-0.15, -0.1) is 0 Å². The van der Waals surface area contributed by atoms with E-state index in [2.05, 4.69) is 9.97 Å². The first-order valence-electron chi connectivity index (χ1n) is 4.21. The van der Waals surface area contributed by atoms with E-state index in [9.17, 15) is 4.79 Å². The minimum Gasteiger partial charge on any atom is -0.456 e. The van der Waals surface area contributed by atoms with Crippen molar-refractivity contribution in [3.63, 3.8) is 0 Å². The summed E-state index contributed by atoms with van der Waals surface area (Å²) in [5.41, 5.74) is -0.476. The monoisotopic (exact) mass is 248 g/mol. The molecule has 0 spiro atoms. The van der Waals surface area contributed by atoms with Crippen LogP contribution < -0.4 is 0 Å². The topological polar surface area (TPSA) is 52.1 Å². The van der Waals surface area contributed by atoms with Gasteiger partial charge in [0.05, 0.1) is 0 Å². The molecule has 0 aromatic carbocycles. The zero-order valence-electron chi connectivity index (χ0n) is 8.54. The van der Waals surface area contributed by atoms with Crippen LogP contribution in [0.25, 0.3) is 0 Å². The summed E-state index contributed by atoms with van der Waals surface area (Å²) in [5.74, 6) is -0.566. The van der Waals surface area contributed by atoms with Gasteiger partial charge in [-0.25, -0.2) is 14.8 Å². The van der Waals surface area contributed by atoms with E-state index in [-0.39, 0.29) is 16.0 Å². The second-order valence-corrected chi connectivity index (χ2v) is 4.54. The number of ether oxygens (including phenoxy) is 1. The number of aromatic nitrogens is 2. The van der Waals surface area contributed by atoms with E-state index in [1.807, 2.05) is 0 Å². The van der Waals surface area contributed by atoms with Crippen molar-refractivity contribution >= 4 is 29.2 Å². The van der Waals surface area contributed by atoms with Crippen molar-refractivity contribution in [3.8, 4) is 0 Å². The fraction of sp³-hybridized carbons (Fsp3) is 0.444. The molecule has 1 rings (SSSR count). The van der Waals surface area contributed by atoms with Crippen LogP contribution in [0, 0.1) is 0 Å². The van der Waals surface area contributed by atoms with Gasteiger partial charge in [0.15, 0.2) is 0 Å². The number of hydrogen-bond acceptors (Lipinski definition) is 4. The van der Waals surface area contributed by atoms with Crippen LogP contribution in [0.15, 0.2) is 6.20 Å². The van der Waals surface area contributed by atoms with Gasteiger partial charge in [0.2, 0.25) is 5.28 Å². The molecule has 0 saturated heterocycles. The van der Waals surface area contributed by atoms with Crippen LogP contribution in [-0.4, -0.2) is 21.5 Å². The van der Waals surface area contributed by atoms with Gasteiger partial charge < -0.3 is 4.74 Å². The van der Waals surface area contributed by atoms with Gasteiger partial charge in [-0.05, 0) is 32.4 Å². The van der Waals surface area contributed by atoms with Crippen LogP contribution in [0.5, 0.6) is 0 Å². The molecule has 0 aliphatic heterocycles. The normalized spacial score (nSPS) is 11.3. The van der Waals surface area contributed by atoms with Crippen LogP contribution in [0.1, 0.15) is 31.1 Å². The Hall–Kier alpha value is -0.870. The first kappa shape index (κ1) is 12.2. The minimum absolute atomic E-state index is 0.00712. The summed E-state index contributed by atoms with van der Waals surface area (Å²) in [4.78, 5) is 18.9. The van der Waals surface area contributed by atoms with E-state index in [0.29, 0.717) is 0 Å². The van der Waals surface area contributed by atoms with E-state index in [1.165, 1.54) is 6.20 Å². The molecule has 6 heteroatoms. The SMILES string of the molecule is CC(C)(C)OC(=O)c1cnc(Cl)nc1Cl. The lowest BCUT2D eigenvalue weighted by Gasteiger charge is -2.19. The molecular formula is C9H10Cl2N2O2. The molecule has 1 heterocycles. The Morgan fingerprint density at radius 3 is 2.47 bits per heavy atom. The van der Waals surface area contributed by atoms with Gasteiger partial charge in [0, 0.05) is 6.20 Å². The van der Waals surface area contributed by atoms with Crippen molar-refractivity contribution in [2.45, 2.75) is 26.4 Å². The Balaban J connectivity index is 2.92. The van der Waals surface area contributed by atoms with Gasteiger partial charge in [0.25, 0.3) is 0 Å². The summed E-state index contributed by atoms with van der Waals surface area (Å²) in [6, 6.07) is 0. The predicted molar refractivity (Wildman–Crippen MR) is 57.2 cm³/mol. The Kier molecular flexibility index (Phi) is 3.52. The number of esters is 1. The molecule has 0 fully saturated rings. The number of carbonyl (C=O) groups is 1. The number of rotatable bonds is 1. The molecule has 82 valence electrons. The molecule has 1 aromatic rings. The molecule has 0 atom stereocenters. The van der Waals surface area contributed by atoms with Gasteiger partial charge in [-0.2, -0.15) is 0 Å². The average Bonchev–Trinajstić information content (AvgIpc) is 1.99. The van der Waals surface area contributed by atoms with Gasteiger partial charge in [0.1, 0.15) is 16.3 Å². The summed E-state index contributed by atoms with van der Waals surface area (Å²) in [7, 11) is 0. The molecule has 0 radical (unpaired) electrons. The first-order valence-corrected chi connectivity index (χ1v) is 4.96. The molecule has 0 bridgehead atoms. The Labute approximate surface area is 97.6 Å². The van der Waals surface area contributed by atoms with Crippen molar-refractivity contribution in [3.05, 3.63) is 22.2 Å². The smallest absolute Gasteiger partial charge is 0.343 e. The third kappa shape index (κ3) is 3.64. The maximum atomic E-state index is 11.6. The number of hydrogen-bond donors (Lipinski definition) is 0. The fourth-order valence-corrected chi connectivity index (χ4v) is 1.19. The quantitative estimate of drug-likeness (QED) is 0.436. The van der Waals surface area contributed by atoms with Crippen LogP contribution >= 0.6 is 23.2 Å². The van der Waals surface area contributed by atoms with E-state index >= 15 is 0 Å². The Morgan fingerprint density at radius 2 is 2.00 bits per heavy atom. The maximum Gasteiger partial charge on any atom is 0.343 e. The van der Waals surface area contributed by atoms with Crippen LogP contribution in [-0.2, 0) is 4.74 Å². The highest BCUT2D eigenvalue weighted by Crippen LogP contribution is 2.18. The first-order chi connectivity index (χ1) is 6.79. The number of halogens is 2. The number of carbonyl (C=O) groups excluding carboxylic acids is 1. The van der Waals surface area contributed by atoms with Crippen LogP contribution in [0.4, 0.5) is 0 Å². The highest BCUT2D eigenvalue weighted by atomic mass is 35.5. The largest absolute Gasteiger partial charge is 0.456 e. The van der Waals surface area contributed by atoms with Crippen LogP contribution in [0.2, 0.25) is 10.4 Å². The van der Waals surface area contributed by atoms with E-state index in [4.69, 9.17) is 27.9 Å². The summed E-state index contributed by atoms with van der Waals surface area (Å²) >= 11 is 11.2. The van der Waals surface area contributed by atoms with Crippen molar-refractivity contribution in [1.82, 2.24) is 9.97 Å². The second kappa shape index (κ2) is 4.33. The molecule has 0 N–H and O–H groups in total. The van der Waals surface area contributed by atoms with Crippen molar-refractivity contribution in [1.29, 1.82) is 0 Å². The van der Waals surface area contributed by atoms with E-state index < -0.39 is 11.6 Å². The van der Waals surface area contributed by atoms with Crippen molar-refractivity contribution in [2.24, 2.45) is 0 Å². The maximum absolute atomic E-state index is 11.6. The summed E-state index contributed by atoms with van der Waals surface area (Å²) in [6.07, 6.45) is 1.24. The van der Waals surface area contributed by atoms with E-state index in [1.54, 1.807) is 20.8 Å². The lowest BCUT2D eigenvalue weighted by atomic mass is 10.2. The molecule has 0 unspecified atom stereocenters. The third-order valence-electron chi connectivity index (χ3n) is 1.33. The zero-order chi connectivity index (χ0) is 11.6. The lowest BCUT2D eigenvalue weighted by Crippen LogP contribution is -2.24. The molecule has 0 aliphatic rings. The van der Waals surface area contributed by atoms with Gasteiger partial charge >= 0.3 is 5.97 Å². The minimum atomic E-state index is -0.583. The predicted octanol–water partition coefficient (Wildman–Crippen LogP) is 2.74. The zero-order valence-corrected chi connectivity index (χ0v) is 10.1. The second-order valence-electron chi connectivity index (χ2n) is 3.85. The molecule has 4 nitrogen and oxygen atoms in total. The third-order valence-corrected chi connectivity index (χ3v) is 1.80. The standard InChI is InChI=1S/C9H10Cl2N2O2/c1-9(2,3)15-7(14)5-4-12-8(11)13-6(5)10/h4H,1-3H3. The van der Waals surface area contributed by atoms with Crippen molar-refractivity contribution < 1.29 is 9.53 Å². The van der Waals surface area contributed by atoms with Crippen LogP contribution in [0.3, 0.4) is 0 Å². The summed E-state index contributed by atoms with van der Waals surface area (Å²) < 4.78 is 5.10. The summed E-state index contributed by atoms with van der Waals surface area (Å²) in [6.45, 7) is 5.28. The molecule has 0 amide bonds. The van der Waals surface area contributed by atoms with E-state index in [0.717, 1.165) is 0 Å². The van der Waals surface area contributed by atoms with Crippen molar-refractivity contribution in [2.75, 3.05) is 0 Å². The lowest BCUT2D eigenvalue weighted by molar-refractivity contribution is 0.00689. The summed E-state index contributed by atoms with van der Waals surface area (Å²) in [5, 5.41) is -0.0171. The molecule has 0 aliphatic carbocycles. The average molecular weight is 249 g/mol. The highest BCUT2D eigenvalue weighted by molar-refractivity contribution is 6.33.